The number of aryl methyl sites for hydroxylation is 1. The number of aliphatic imine (C=N–C) groups is 1. The first kappa shape index (κ1) is 21.2. The van der Waals surface area contributed by atoms with Gasteiger partial charge in [0.25, 0.3) is 5.91 Å². The topological polar surface area (TPSA) is 105 Å². The van der Waals surface area contributed by atoms with Gasteiger partial charge in [0.2, 0.25) is 17.5 Å². The van der Waals surface area contributed by atoms with E-state index in [1.54, 1.807) is 19.9 Å². The third-order valence-corrected chi connectivity index (χ3v) is 3.74. The molecule has 2 rings (SSSR count). The fraction of sp³-hybridized carbons (Fsp3) is 0.412. The van der Waals surface area contributed by atoms with Gasteiger partial charge in [-0.3, -0.25) is 14.6 Å². The lowest BCUT2D eigenvalue weighted by Gasteiger charge is -2.32. The van der Waals surface area contributed by atoms with Crippen LogP contribution in [0.1, 0.15) is 31.0 Å². The summed E-state index contributed by atoms with van der Waals surface area (Å²) in [5.41, 5.74) is -0.612. The maximum atomic E-state index is 12.7. The van der Waals surface area contributed by atoms with E-state index in [4.69, 9.17) is 0 Å². The number of hydrogen-bond donors (Lipinski definition) is 3. The molecule has 0 radical (unpaired) electrons. The molecular formula is C17H20F3N5O3. The van der Waals surface area contributed by atoms with Crippen LogP contribution in [-0.2, 0) is 9.59 Å². The molecule has 2 atom stereocenters. The molecule has 0 fully saturated rings. The highest BCUT2D eigenvalue weighted by atomic mass is 19.4. The third kappa shape index (κ3) is 5.44. The van der Waals surface area contributed by atoms with E-state index >= 15 is 0 Å². The molecule has 0 aromatic carbocycles. The lowest BCUT2D eigenvalue weighted by atomic mass is 10.1. The molecule has 2 unspecified atom stereocenters. The van der Waals surface area contributed by atoms with Gasteiger partial charge in [-0.15, -0.1) is 0 Å². The number of nitrogens with one attached hydrogen (secondary N) is 3. The minimum Gasteiger partial charge on any atom is -0.468 e. The summed E-state index contributed by atoms with van der Waals surface area (Å²) >= 11 is 0. The fourth-order valence-corrected chi connectivity index (χ4v) is 2.45. The molecule has 8 nitrogen and oxygen atoms in total. The van der Waals surface area contributed by atoms with Gasteiger partial charge in [0.05, 0.1) is 12.3 Å². The number of hydrogen-bond acceptors (Lipinski definition) is 6. The predicted molar refractivity (Wildman–Crippen MR) is 94.4 cm³/mol. The zero-order chi connectivity index (χ0) is 20.9. The Kier molecular flexibility index (Phi) is 6.26. The quantitative estimate of drug-likeness (QED) is 0.672. The first-order valence-electron chi connectivity index (χ1n) is 8.25. The molecule has 0 saturated heterocycles. The molecule has 28 heavy (non-hydrogen) atoms. The Morgan fingerprint density at radius 1 is 1.39 bits per heavy atom. The Balaban J connectivity index is 2.11. The van der Waals surface area contributed by atoms with Crippen LogP contribution in [0, 0.1) is 6.92 Å². The lowest BCUT2D eigenvalue weighted by Crippen LogP contribution is -2.67. The van der Waals surface area contributed by atoms with Crippen molar-refractivity contribution in [1.82, 2.24) is 20.9 Å². The zero-order valence-corrected chi connectivity index (χ0v) is 15.4. The Hall–Kier alpha value is -3.11. The molecule has 1 aliphatic rings. The molecule has 11 heteroatoms. The largest absolute Gasteiger partial charge is 0.468 e. The monoisotopic (exact) mass is 399 g/mol. The molecule has 2 amide bonds. The number of amides is 2. The molecule has 152 valence electrons. The van der Waals surface area contributed by atoms with E-state index in [2.05, 4.69) is 30.7 Å². The van der Waals surface area contributed by atoms with E-state index in [0.717, 1.165) is 0 Å². The summed E-state index contributed by atoms with van der Waals surface area (Å²) in [6.45, 7) is 3.04. The zero-order valence-electron chi connectivity index (χ0n) is 15.4. The van der Waals surface area contributed by atoms with Crippen molar-refractivity contribution in [2.24, 2.45) is 4.99 Å². The highest BCUT2D eigenvalue weighted by Crippen LogP contribution is 2.23. The Morgan fingerprint density at radius 3 is 2.64 bits per heavy atom. The number of ether oxygens (including phenoxy) is 1. The number of carbonyl (C=O) groups is 2. The van der Waals surface area contributed by atoms with Crippen LogP contribution in [0.5, 0.6) is 5.88 Å². The van der Waals surface area contributed by atoms with Crippen LogP contribution in [-0.4, -0.2) is 41.5 Å². The van der Waals surface area contributed by atoms with Crippen molar-refractivity contribution in [3.8, 4) is 5.88 Å². The minimum absolute atomic E-state index is 0.138. The second kappa shape index (κ2) is 8.28. The van der Waals surface area contributed by atoms with Crippen LogP contribution in [0.3, 0.4) is 0 Å². The lowest BCUT2D eigenvalue weighted by molar-refractivity contribution is -0.154. The van der Waals surface area contributed by atoms with Crippen LogP contribution >= 0.6 is 0 Å². The summed E-state index contributed by atoms with van der Waals surface area (Å²) in [4.78, 5) is 32.0. The smallest absolute Gasteiger partial charge is 0.422 e. The molecule has 1 aromatic rings. The summed E-state index contributed by atoms with van der Waals surface area (Å²) in [7, 11) is 0. The van der Waals surface area contributed by atoms with Gasteiger partial charge >= 0.3 is 6.18 Å². The highest BCUT2D eigenvalue weighted by Gasteiger charge is 2.38. The van der Waals surface area contributed by atoms with E-state index in [-0.39, 0.29) is 5.88 Å². The maximum absolute atomic E-state index is 12.7. The van der Waals surface area contributed by atoms with Crippen molar-refractivity contribution in [1.29, 1.82) is 0 Å². The van der Waals surface area contributed by atoms with E-state index in [0.29, 0.717) is 11.1 Å². The number of carbonyl (C=O) groups excluding carboxylic acids is 2. The van der Waals surface area contributed by atoms with Gasteiger partial charge in [0.1, 0.15) is 0 Å². The van der Waals surface area contributed by atoms with Gasteiger partial charge in [0, 0.05) is 31.1 Å². The summed E-state index contributed by atoms with van der Waals surface area (Å²) in [6, 6.07) is 1.01. The SMILES string of the molecule is CC(=O)NC1(C(=O)NC(C)c2cnc(OCC(F)(F)F)c(C)c2)C=NC=CN1. The third-order valence-electron chi connectivity index (χ3n) is 3.74. The number of pyridine rings is 1. The van der Waals surface area contributed by atoms with E-state index in [9.17, 15) is 22.8 Å². The van der Waals surface area contributed by atoms with Crippen LogP contribution in [0.4, 0.5) is 13.2 Å². The summed E-state index contributed by atoms with van der Waals surface area (Å²) in [5.74, 6) is -1.15. The Morgan fingerprint density at radius 2 is 2.11 bits per heavy atom. The van der Waals surface area contributed by atoms with Crippen LogP contribution in [0.25, 0.3) is 0 Å². The second-order valence-corrected chi connectivity index (χ2v) is 6.22. The van der Waals surface area contributed by atoms with Crippen molar-refractivity contribution in [3.05, 3.63) is 35.8 Å². The normalized spacial score (nSPS) is 19.5. The van der Waals surface area contributed by atoms with Crippen LogP contribution < -0.4 is 20.7 Å². The van der Waals surface area contributed by atoms with E-state index in [1.807, 2.05) is 0 Å². The van der Waals surface area contributed by atoms with Crippen molar-refractivity contribution in [2.75, 3.05) is 6.61 Å². The highest BCUT2D eigenvalue weighted by molar-refractivity contribution is 6.06. The van der Waals surface area contributed by atoms with Crippen LogP contribution in [0.15, 0.2) is 29.7 Å². The van der Waals surface area contributed by atoms with Crippen molar-refractivity contribution >= 4 is 18.0 Å². The maximum Gasteiger partial charge on any atom is 0.422 e. The molecule has 0 saturated carbocycles. The minimum atomic E-state index is -4.46. The van der Waals surface area contributed by atoms with Gasteiger partial charge in [-0.05, 0) is 25.5 Å². The Bertz CT molecular complexity index is 810. The number of aromatic nitrogens is 1. The van der Waals surface area contributed by atoms with Crippen molar-refractivity contribution in [2.45, 2.75) is 38.7 Å². The number of rotatable bonds is 6. The van der Waals surface area contributed by atoms with Gasteiger partial charge in [-0.1, -0.05) is 0 Å². The van der Waals surface area contributed by atoms with Gasteiger partial charge < -0.3 is 20.7 Å². The molecular weight excluding hydrogens is 379 g/mol. The fourth-order valence-electron chi connectivity index (χ4n) is 2.45. The molecule has 0 aliphatic carbocycles. The predicted octanol–water partition coefficient (Wildman–Crippen LogP) is 1.49. The molecule has 0 bridgehead atoms. The average Bonchev–Trinajstić information content (AvgIpc) is 2.60. The van der Waals surface area contributed by atoms with E-state index in [1.165, 1.54) is 31.7 Å². The number of alkyl halides is 3. The first-order chi connectivity index (χ1) is 13.0. The molecule has 3 N–H and O–H groups in total. The number of halogens is 3. The molecule has 2 heterocycles. The van der Waals surface area contributed by atoms with Crippen LogP contribution in [0.2, 0.25) is 0 Å². The Labute approximate surface area is 159 Å². The average molecular weight is 399 g/mol. The summed E-state index contributed by atoms with van der Waals surface area (Å²) in [5, 5.41) is 7.97. The van der Waals surface area contributed by atoms with Gasteiger partial charge in [-0.25, -0.2) is 4.98 Å². The van der Waals surface area contributed by atoms with Crippen molar-refractivity contribution < 1.29 is 27.5 Å². The van der Waals surface area contributed by atoms with Gasteiger partial charge in [-0.2, -0.15) is 13.2 Å². The standard InChI is InChI=1S/C17H20F3N5O3/c1-10-6-13(7-22-14(10)28-9-17(18,19)20)11(2)24-15(27)16(25-12(3)26)8-21-4-5-23-16/h4-8,11,23H,9H2,1-3H3,(H,24,27)(H,25,26). The summed E-state index contributed by atoms with van der Waals surface area (Å²) in [6.07, 6.45) is 0.947. The summed E-state index contributed by atoms with van der Waals surface area (Å²) < 4.78 is 41.5. The molecule has 1 aromatic heterocycles. The first-order valence-corrected chi connectivity index (χ1v) is 8.25. The molecule has 0 spiro atoms. The van der Waals surface area contributed by atoms with E-state index < -0.39 is 36.3 Å². The number of nitrogens with zero attached hydrogens (tertiary/aromatic N) is 2. The van der Waals surface area contributed by atoms with Crippen molar-refractivity contribution in [3.63, 3.8) is 0 Å². The molecule has 1 aliphatic heterocycles. The second-order valence-electron chi connectivity index (χ2n) is 6.22. The van der Waals surface area contributed by atoms with Gasteiger partial charge in [0.15, 0.2) is 6.61 Å².